The molecule has 0 aliphatic heterocycles. The van der Waals surface area contributed by atoms with Gasteiger partial charge in [0.2, 0.25) is 0 Å². The predicted molar refractivity (Wildman–Crippen MR) is 80.1 cm³/mol. The molecule has 1 saturated carbocycles. The van der Waals surface area contributed by atoms with Gasteiger partial charge in [-0.15, -0.1) is 11.3 Å². The van der Waals surface area contributed by atoms with Crippen LogP contribution in [0.3, 0.4) is 0 Å². The van der Waals surface area contributed by atoms with Crippen LogP contribution in [0.25, 0.3) is 0 Å². The van der Waals surface area contributed by atoms with Crippen LogP contribution < -0.4 is 0 Å². The van der Waals surface area contributed by atoms with Gasteiger partial charge < -0.3 is 4.84 Å². The summed E-state index contributed by atoms with van der Waals surface area (Å²) in [5.41, 5.74) is 1.90. The molecule has 0 amide bonds. The Balaban J connectivity index is 1.59. The Morgan fingerprint density at radius 2 is 2.10 bits per heavy atom. The van der Waals surface area contributed by atoms with Gasteiger partial charge in [0.15, 0.2) is 0 Å². The average Bonchev–Trinajstić information content (AvgIpc) is 3.09. The van der Waals surface area contributed by atoms with Crippen molar-refractivity contribution < 1.29 is 14.0 Å². The predicted octanol–water partition coefficient (Wildman–Crippen LogP) is 4.22. The minimum Gasteiger partial charge on any atom is -0.312 e. The van der Waals surface area contributed by atoms with Crippen LogP contribution in [0.2, 0.25) is 0 Å². The van der Waals surface area contributed by atoms with Gasteiger partial charge in [-0.3, -0.25) is 0 Å². The number of halogens is 1. The van der Waals surface area contributed by atoms with Crippen LogP contribution in [0, 0.1) is 11.7 Å². The van der Waals surface area contributed by atoms with E-state index in [2.05, 4.69) is 5.16 Å². The smallest absolute Gasteiger partial charge is 0.312 e. The van der Waals surface area contributed by atoms with Crippen LogP contribution in [-0.2, 0) is 4.84 Å². The van der Waals surface area contributed by atoms with Gasteiger partial charge in [-0.05, 0) is 48.4 Å². The largest absolute Gasteiger partial charge is 0.375 e. The molecule has 2 atom stereocenters. The quantitative estimate of drug-likeness (QED) is 0.482. The first-order valence-corrected chi connectivity index (χ1v) is 7.58. The number of hydrogen-bond donors (Lipinski definition) is 0. The molecular weight excluding hydrogens is 289 g/mol. The van der Waals surface area contributed by atoms with Crippen LogP contribution >= 0.6 is 11.3 Å². The number of hydrogen-bond acceptors (Lipinski definition) is 4. The molecule has 1 heterocycles. The van der Waals surface area contributed by atoms with E-state index >= 15 is 0 Å². The topological polar surface area (TPSA) is 38.7 Å². The van der Waals surface area contributed by atoms with Gasteiger partial charge in [-0.2, -0.15) is 0 Å². The van der Waals surface area contributed by atoms with Crippen molar-refractivity contribution in [1.29, 1.82) is 0 Å². The summed E-state index contributed by atoms with van der Waals surface area (Å²) in [5, 5.41) is 5.75. The zero-order chi connectivity index (χ0) is 14.8. The Labute approximate surface area is 126 Å². The lowest BCUT2D eigenvalue weighted by molar-refractivity contribution is 0.0520. The van der Waals surface area contributed by atoms with Crippen molar-refractivity contribution >= 4 is 23.0 Å². The summed E-state index contributed by atoms with van der Waals surface area (Å²) in [6, 6.07) is 10.0. The molecule has 3 nitrogen and oxygen atoms in total. The second-order valence-electron chi connectivity index (χ2n) is 5.09. The zero-order valence-electron chi connectivity index (χ0n) is 11.5. The summed E-state index contributed by atoms with van der Waals surface area (Å²) < 4.78 is 12.9. The van der Waals surface area contributed by atoms with E-state index in [-0.39, 0.29) is 11.7 Å². The average molecular weight is 303 g/mol. The molecule has 1 aliphatic carbocycles. The second kappa shape index (κ2) is 5.77. The maximum absolute atomic E-state index is 12.9. The lowest BCUT2D eigenvalue weighted by Crippen LogP contribution is -2.03. The standard InChI is InChI=1S/C16H14FNO2S/c1-10(18-20-16(19)15-3-2-8-21-15)13-9-14(13)11-4-6-12(17)7-5-11/h2-8,13-14H,9H2,1H3/t13-,14-/m1/s1. The van der Waals surface area contributed by atoms with Gasteiger partial charge in [0, 0.05) is 5.92 Å². The molecule has 1 aliphatic rings. The molecule has 0 radical (unpaired) electrons. The van der Waals surface area contributed by atoms with Gasteiger partial charge in [-0.25, -0.2) is 9.18 Å². The van der Waals surface area contributed by atoms with E-state index in [9.17, 15) is 9.18 Å². The van der Waals surface area contributed by atoms with Gasteiger partial charge in [0.25, 0.3) is 0 Å². The fourth-order valence-corrected chi connectivity index (χ4v) is 2.95. The van der Waals surface area contributed by atoms with E-state index in [0.29, 0.717) is 10.8 Å². The summed E-state index contributed by atoms with van der Waals surface area (Å²) in [6.07, 6.45) is 0.956. The molecule has 1 aromatic heterocycles. The SMILES string of the molecule is CC(=NOC(=O)c1cccs1)[C@H]1C[C@@H]1c1ccc(F)cc1. The maximum Gasteiger partial charge on any atom is 0.375 e. The lowest BCUT2D eigenvalue weighted by atomic mass is 10.1. The number of nitrogens with zero attached hydrogens (tertiary/aromatic N) is 1. The third-order valence-electron chi connectivity index (χ3n) is 3.62. The first kappa shape index (κ1) is 13.9. The van der Waals surface area contributed by atoms with Gasteiger partial charge in [0.1, 0.15) is 10.7 Å². The summed E-state index contributed by atoms with van der Waals surface area (Å²) in [6.45, 7) is 1.86. The van der Waals surface area contributed by atoms with Crippen molar-refractivity contribution in [2.75, 3.05) is 0 Å². The monoisotopic (exact) mass is 303 g/mol. The Morgan fingerprint density at radius 3 is 2.76 bits per heavy atom. The van der Waals surface area contributed by atoms with Gasteiger partial charge in [-0.1, -0.05) is 23.4 Å². The van der Waals surface area contributed by atoms with Crippen molar-refractivity contribution in [3.63, 3.8) is 0 Å². The summed E-state index contributed by atoms with van der Waals surface area (Å²) in [5.74, 6) is -0.0454. The number of thiophene rings is 1. The van der Waals surface area contributed by atoms with Crippen molar-refractivity contribution in [2.24, 2.45) is 11.1 Å². The van der Waals surface area contributed by atoms with Crippen molar-refractivity contribution in [3.8, 4) is 0 Å². The molecule has 0 bridgehead atoms. The van der Waals surface area contributed by atoms with Crippen LogP contribution in [0.15, 0.2) is 46.9 Å². The van der Waals surface area contributed by atoms with E-state index in [1.54, 1.807) is 24.3 Å². The first-order chi connectivity index (χ1) is 10.1. The zero-order valence-corrected chi connectivity index (χ0v) is 12.3. The van der Waals surface area contributed by atoms with E-state index in [1.807, 2.05) is 12.3 Å². The minimum atomic E-state index is -0.427. The molecular formula is C16H14FNO2S. The van der Waals surface area contributed by atoms with E-state index in [1.165, 1.54) is 23.5 Å². The van der Waals surface area contributed by atoms with Gasteiger partial charge >= 0.3 is 5.97 Å². The number of carbonyl (C=O) groups excluding carboxylic acids is 1. The molecule has 0 unspecified atom stereocenters. The lowest BCUT2D eigenvalue weighted by Gasteiger charge is -2.01. The molecule has 5 heteroatoms. The first-order valence-electron chi connectivity index (χ1n) is 6.70. The fraction of sp³-hybridized carbons (Fsp3) is 0.250. The Kier molecular flexibility index (Phi) is 3.84. The molecule has 2 aromatic rings. The summed E-state index contributed by atoms with van der Waals surface area (Å²) in [7, 11) is 0. The fourth-order valence-electron chi connectivity index (χ4n) is 2.36. The highest BCUT2D eigenvalue weighted by molar-refractivity contribution is 7.11. The molecule has 108 valence electrons. The van der Waals surface area contributed by atoms with Crippen LogP contribution in [0.4, 0.5) is 4.39 Å². The van der Waals surface area contributed by atoms with Gasteiger partial charge in [0.05, 0.1) is 5.71 Å². The second-order valence-corrected chi connectivity index (χ2v) is 6.04. The summed E-state index contributed by atoms with van der Waals surface area (Å²) >= 11 is 1.33. The highest BCUT2D eigenvalue weighted by Crippen LogP contribution is 2.48. The number of rotatable bonds is 4. The van der Waals surface area contributed by atoms with Crippen molar-refractivity contribution in [2.45, 2.75) is 19.3 Å². The Hall–Kier alpha value is -2.01. The van der Waals surface area contributed by atoms with Crippen LogP contribution in [0.5, 0.6) is 0 Å². The van der Waals surface area contributed by atoms with Crippen molar-refractivity contribution in [3.05, 3.63) is 58.0 Å². The Morgan fingerprint density at radius 1 is 1.33 bits per heavy atom. The highest BCUT2D eigenvalue weighted by atomic mass is 32.1. The Bertz CT molecular complexity index is 664. The van der Waals surface area contributed by atoms with E-state index < -0.39 is 5.97 Å². The molecule has 0 N–H and O–H groups in total. The molecule has 21 heavy (non-hydrogen) atoms. The molecule has 1 fully saturated rings. The normalized spacial score (nSPS) is 21.1. The summed E-state index contributed by atoms with van der Waals surface area (Å²) in [4.78, 5) is 17.2. The van der Waals surface area contributed by atoms with Crippen LogP contribution in [0.1, 0.15) is 34.5 Å². The third kappa shape index (κ3) is 3.19. The molecule has 1 aromatic carbocycles. The molecule has 0 saturated heterocycles. The number of benzene rings is 1. The minimum absolute atomic E-state index is 0.230. The maximum atomic E-state index is 12.9. The van der Waals surface area contributed by atoms with E-state index in [0.717, 1.165) is 17.7 Å². The number of oxime groups is 1. The number of carbonyl (C=O) groups is 1. The molecule has 3 rings (SSSR count). The van der Waals surface area contributed by atoms with E-state index in [4.69, 9.17) is 4.84 Å². The van der Waals surface area contributed by atoms with Crippen molar-refractivity contribution in [1.82, 2.24) is 0 Å². The highest BCUT2D eigenvalue weighted by Gasteiger charge is 2.40. The van der Waals surface area contributed by atoms with Crippen LogP contribution in [-0.4, -0.2) is 11.7 Å². The third-order valence-corrected chi connectivity index (χ3v) is 4.47. The molecule has 0 spiro atoms.